The van der Waals surface area contributed by atoms with E-state index < -0.39 is 0 Å². The van der Waals surface area contributed by atoms with Crippen LogP contribution >= 0.6 is 11.3 Å². The standard InChI is InChI=1S/C14H16N2S/c1-9-5-6-16-8-11(9)14(15)13-7-10-3-2-4-12(10)17-13/h5-8,14H,2-4,15H2,1H3. The van der Waals surface area contributed by atoms with Crippen molar-refractivity contribution in [3.8, 4) is 0 Å². The molecule has 0 saturated heterocycles. The summed E-state index contributed by atoms with van der Waals surface area (Å²) >= 11 is 1.88. The molecule has 0 radical (unpaired) electrons. The summed E-state index contributed by atoms with van der Waals surface area (Å²) in [6, 6.07) is 4.31. The second-order valence-electron chi connectivity index (χ2n) is 4.66. The van der Waals surface area contributed by atoms with Gasteiger partial charge in [0.2, 0.25) is 0 Å². The van der Waals surface area contributed by atoms with E-state index >= 15 is 0 Å². The van der Waals surface area contributed by atoms with Crippen molar-refractivity contribution in [2.75, 3.05) is 0 Å². The Kier molecular flexibility index (Phi) is 2.73. The predicted octanol–water partition coefficient (Wildman–Crippen LogP) is 2.99. The number of rotatable bonds is 2. The normalized spacial score (nSPS) is 15.9. The summed E-state index contributed by atoms with van der Waals surface area (Å²) in [5.41, 5.74) is 10.2. The zero-order valence-electron chi connectivity index (χ0n) is 9.94. The van der Waals surface area contributed by atoms with Gasteiger partial charge in [0.1, 0.15) is 0 Å². The lowest BCUT2D eigenvalue weighted by Gasteiger charge is -2.12. The summed E-state index contributed by atoms with van der Waals surface area (Å²) in [5, 5.41) is 0. The summed E-state index contributed by atoms with van der Waals surface area (Å²) < 4.78 is 0. The van der Waals surface area contributed by atoms with Crippen LogP contribution in [0.15, 0.2) is 24.5 Å². The summed E-state index contributed by atoms with van der Waals surface area (Å²) in [6.45, 7) is 2.10. The number of nitrogens with zero attached hydrogens (tertiary/aromatic N) is 1. The van der Waals surface area contributed by atoms with Crippen molar-refractivity contribution in [1.29, 1.82) is 0 Å². The van der Waals surface area contributed by atoms with E-state index in [0.29, 0.717) is 0 Å². The summed E-state index contributed by atoms with van der Waals surface area (Å²) in [5.74, 6) is 0. The lowest BCUT2D eigenvalue weighted by molar-refractivity contribution is 0.865. The van der Waals surface area contributed by atoms with Crippen molar-refractivity contribution in [2.24, 2.45) is 5.73 Å². The number of aryl methyl sites for hydroxylation is 3. The highest BCUT2D eigenvalue weighted by molar-refractivity contribution is 7.12. The molecular weight excluding hydrogens is 228 g/mol. The van der Waals surface area contributed by atoms with Gasteiger partial charge in [0.05, 0.1) is 6.04 Å². The molecule has 88 valence electrons. The van der Waals surface area contributed by atoms with Gasteiger partial charge in [-0.05, 0) is 55.0 Å². The second-order valence-corrected chi connectivity index (χ2v) is 5.83. The van der Waals surface area contributed by atoms with Gasteiger partial charge >= 0.3 is 0 Å². The first-order valence-electron chi connectivity index (χ1n) is 6.03. The lowest BCUT2D eigenvalue weighted by atomic mass is 10.0. The molecule has 3 rings (SSSR count). The van der Waals surface area contributed by atoms with E-state index in [9.17, 15) is 0 Å². The molecule has 1 unspecified atom stereocenters. The summed E-state index contributed by atoms with van der Waals surface area (Å²) in [7, 11) is 0. The molecule has 0 bridgehead atoms. The van der Waals surface area contributed by atoms with Crippen LogP contribution in [0.3, 0.4) is 0 Å². The average molecular weight is 244 g/mol. The number of nitrogens with two attached hydrogens (primary N) is 1. The van der Waals surface area contributed by atoms with E-state index in [1.165, 1.54) is 40.1 Å². The van der Waals surface area contributed by atoms with E-state index in [0.717, 1.165) is 5.56 Å². The van der Waals surface area contributed by atoms with Crippen LogP contribution in [0.25, 0.3) is 0 Å². The van der Waals surface area contributed by atoms with Gasteiger partial charge in [0.25, 0.3) is 0 Å². The first-order chi connectivity index (χ1) is 8.25. The van der Waals surface area contributed by atoms with Gasteiger partial charge in [-0.1, -0.05) is 0 Å². The lowest BCUT2D eigenvalue weighted by Crippen LogP contribution is -2.12. The third-order valence-corrected chi connectivity index (χ3v) is 4.81. The number of fused-ring (bicyclic) bond motifs is 1. The molecular formula is C14H16N2S. The van der Waals surface area contributed by atoms with Gasteiger partial charge < -0.3 is 5.73 Å². The maximum atomic E-state index is 6.35. The average Bonchev–Trinajstić information content (AvgIpc) is 2.88. The molecule has 1 aliphatic rings. The largest absolute Gasteiger partial charge is 0.320 e. The van der Waals surface area contributed by atoms with Gasteiger partial charge in [-0.3, -0.25) is 4.98 Å². The van der Waals surface area contributed by atoms with Crippen LogP contribution in [0.2, 0.25) is 0 Å². The predicted molar refractivity (Wildman–Crippen MR) is 71.3 cm³/mol. The van der Waals surface area contributed by atoms with Crippen molar-refractivity contribution < 1.29 is 0 Å². The second kappa shape index (κ2) is 4.24. The molecule has 3 heteroatoms. The van der Waals surface area contributed by atoms with Crippen molar-refractivity contribution >= 4 is 11.3 Å². The van der Waals surface area contributed by atoms with E-state index in [2.05, 4.69) is 18.0 Å². The van der Waals surface area contributed by atoms with E-state index in [1.54, 1.807) is 0 Å². The molecule has 2 heterocycles. The Balaban J connectivity index is 1.96. The monoisotopic (exact) mass is 244 g/mol. The molecule has 0 saturated carbocycles. The minimum absolute atomic E-state index is 0.0145. The Hall–Kier alpha value is -1.19. The number of pyridine rings is 1. The summed E-state index contributed by atoms with van der Waals surface area (Å²) in [6.07, 6.45) is 7.48. The highest BCUT2D eigenvalue weighted by Gasteiger charge is 2.19. The SMILES string of the molecule is Cc1ccncc1C(N)c1cc2c(s1)CCC2. The van der Waals surface area contributed by atoms with Gasteiger partial charge in [0.15, 0.2) is 0 Å². The Morgan fingerprint density at radius 1 is 1.41 bits per heavy atom. The van der Waals surface area contributed by atoms with Crippen LogP contribution in [-0.4, -0.2) is 4.98 Å². The van der Waals surface area contributed by atoms with Crippen LogP contribution < -0.4 is 5.73 Å². The maximum Gasteiger partial charge on any atom is 0.0663 e. The zero-order chi connectivity index (χ0) is 11.8. The fraction of sp³-hybridized carbons (Fsp3) is 0.357. The van der Waals surface area contributed by atoms with Crippen LogP contribution in [0.1, 0.15) is 38.9 Å². The zero-order valence-corrected chi connectivity index (χ0v) is 10.8. The van der Waals surface area contributed by atoms with Gasteiger partial charge in [-0.25, -0.2) is 0 Å². The van der Waals surface area contributed by atoms with Crippen LogP contribution in [0, 0.1) is 6.92 Å². The number of aromatic nitrogens is 1. The molecule has 2 nitrogen and oxygen atoms in total. The highest BCUT2D eigenvalue weighted by atomic mass is 32.1. The Morgan fingerprint density at radius 2 is 2.29 bits per heavy atom. The molecule has 0 amide bonds. The molecule has 0 fully saturated rings. The molecule has 17 heavy (non-hydrogen) atoms. The maximum absolute atomic E-state index is 6.35. The number of thiophene rings is 1. The van der Waals surface area contributed by atoms with Crippen molar-refractivity contribution in [3.63, 3.8) is 0 Å². The molecule has 0 aromatic carbocycles. The first kappa shape index (κ1) is 10.9. The molecule has 2 N–H and O–H groups in total. The number of hydrogen-bond acceptors (Lipinski definition) is 3. The molecule has 2 aromatic rings. The van der Waals surface area contributed by atoms with Crippen LogP contribution in [0.5, 0.6) is 0 Å². The fourth-order valence-electron chi connectivity index (χ4n) is 2.46. The van der Waals surface area contributed by atoms with Crippen molar-refractivity contribution in [1.82, 2.24) is 4.98 Å². The Labute approximate surface area is 106 Å². The third kappa shape index (κ3) is 1.90. The minimum Gasteiger partial charge on any atom is -0.320 e. The van der Waals surface area contributed by atoms with E-state index in [1.807, 2.05) is 29.8 Å². The van der Waals surface area contributed by atoms with Gasteiger partial charge in [0, 0.05) is 22.1 Å². The van der Waals surface area contributed by atoms with E-state index in [-0.39, 0.29) is 6.04 Å². The van der Waals surface area contributed by atoms with E-state index in [4.69, 9.17) is 5.73 Å². The molecule has 2 aromatic heterocycles. The topological polar surface area (TPSA) is 38.9 Å². The highest BCUT2D eigenvalue weighted by Crippen LogP contribution is 2.35. The van der Waals surface area contributed by atoms with Crippen molar-refractivity contribution in [3.05, 3.63) is 51.0 Å². The third-order valence-electron chi connectivity index (χ3n) is 3.49. The van der Waals surface area contributed by atoms with Crippen molar-refractivity contribution in [2.45, 2.75) is 32.2 Å². The Morgan fingerprint density at radius 3 is 3.06 bits per heavy atom. The summed E-state index contributed by atoms with van der Waals surface area (Å²) in [4.78, 5) is 7.00. The number of hydrogen-bond donors (Lipinski definition) is 1. The molecule has 0 aliphatic heterocycles. The van der Waals surface area contributed by atoms with Crippen LogP contribution in [-0.2, 0) is 12.8 Å². The molecule has 1 aliphatic carbocycles. The fourth-order valence-corrected chi connectivity index (χ4v) is 3.74. The van der Waals surface area contributed by atoms with Crippen LogP contribution in [0.4, 0.5) is 0 Å². The first-order valence-corrected chi connectivity index (χ1v) is 6.85. The molecule has 1 atom stereocenters. The smallest absolute Gasteiger partial charge is 0.0663 e. The van der Waals surface area contributed by atoms with Gasteiger partial charge in [-0.2, -0.15) is 0 Å². The minimum atomic E-state index is -0.0145. The Bertz CT molecular complexity index is 523. The quantitative estimate of drug-likeness (QED) is 0.882. The molecule has 0 spiro atoms. The van der Waals surface area contributed by atoms with Gasteiger partial charge in [-0.15, -0.1) is 11.3 Å².